The Morgan fingerprint density at radius 1 is 1.37 bits per heavy atom. The van der Waals surface area contributed by atoms with Gasteiger partial charge in [-0.25, -0.2) is 0 Å². The van der Waals surface area contributed by atoms with Crippen molar-refractivity contribution in [2.75, 3.05) is 18.5 Å². The number of aliphatic hydroxyl groups is 1. The highest BCUT2D eigenvalue weighted by Gasteiger charge is 2.06. The van der Waals surface area contributed by atoms with E-state index in [4.69, 9.17) is 4.74 Å². The molecule has 2 aromatic rings. The predicted octanol–water partition coefficient (Wildman–Crippen LogP) is 2.73. The molecule has 0 aliphatic heterocycles. The van der Waals surface area contributed by atoms with E-state index in [0.717, 1.165) is 28.0 Å². The van der Waals surface area contributed by atoms with Crippen molar-refractivity contribution in [2.24, 2.45) is 0 Å². The zero-order valence-corrected chi connectivity index (χ0v) is 11.6. The van der Waals surface area contributed by atoms with Gasteiger partial charge in [0.1, 0.15) is 5.75 Å². The molecule has 0 saturated heterocycles. The highest BCUT2D eigenvalue weighted by atomic mass is 16.5. The lowest BCUT2D eigenvalue weighted by atomic mass is 10.1. The van der Waals surface area contributed by atoms with Crippen LogP contribution in [0.25, 0.3) is 10.9 Å². The Morgan fingerprint density at radius 3 is 2.84 bits per heavy atom. The first-order valence-electron chi connectivity index (χ1n) is 6.56. The molecule has 4 nitrogen and oxygen atoms in total. The number of hydrogen-bond acceptors (Lipinski definition) is 4. The Morgan fingerprint density at radius 2 is 2.16 bits per heavy atom. The van der Waals surface area contributed by atoms with E-state index in [1.807, 2.05) is 38.1 Å². The number of fused-ring (bicyclic) bond motifs is 1. The van der Waals surface area contributed by atoms with Gasteiger partial charge in [0, 0.05) is 23.3 Å². The van der Waals surface area contributed by atoms with Gasteiger partial charge in [0.2, 0.25) is 0 Å². The van der Waals surface area contributed by atoms with E-state index in [-0.39, 0.29) is 0 Å². The fourth-order valence-electron chi connectivity index (χ4n) is 2.00. The third-order valence-corrected chi connectivity index (χ3v) is 2.81. The second kappa shape index (κ2) is 5.89. The molecule has 2 N–H and O–H groups in total. The normalized spacial score (nSPS) is 12.4. The molecule has 0 radical (unpaired) electrons. The third-order valence-electron chi connectivity index (χ3n) is 2.81. The number of pyridine rings is 1. The summed E-state index contributed by atoms with van der Waals surface area (Å²) in [5, 5.41) is 13.7. The van der Waals surface area contributed by atoms with Crippen molar-refractivity contribution in [3.8, 4) is 5.75 Å². The lowest BCUT2D eigenvalue weighted by Gasteiger charge is -2.13. The number of aliphatic hydroxyl groups excluding tert-OH is 1. The van der Waals surface area contributed by atoms with Crippen molar-refractivity contribution in [3.05, 3.63) is 30.0 Å². The standard InChI is InChI=1S/C15H20N2O2/c1-4-19-12-5-6-14-13(8-12)15(7-10(2)17-14)16-9-11(3)18/h5-8,11,18H,4,9H2,1-3H3,(H,16,17). The molecule has 0 spiro atoms. The maximum Gasteiger partial charge on any atom is 0.120 e. The number of ether oxygens (including phenoxy) is 1. The van der Waals surface area contributed by atoms with Gasteiger partial charge in [-0.2, -0.15) is 0 Å². The average molecular weight is 260 g/mol. The number of anilines is 1. The minimum atomic E-state index is -0.390. The predicted molar refractivity (Wildman–Crippen MR) is 77.8 cm³/mol. The maximum atomic E-state index is 9.39. The van der Waals surface area contributed by atoms with Crippen molar-refractivity contribution < 1.29 is 9.84 Å². The van der Waals surface area contributed by atoms with Crippen LogP contribution in [0.2, 0.25) is 0 Å². The first-order valence-corrected chi connectivity index (χ1v) is 6.56. The molecule has 102 valence electrons. The average Bonchev–Trinajstić information content (AvgIpc) is 2.36. The zero-order chi connectivity index (χ0) is 13.8. The maximum absolute atomic E-state index is 9.39. The highest BCUT2D eigenvalue weighted by molar-refractivity contribution is 5.92. The van der Waals surface area contributed by atoms with Gasteiger partial charge in [0.15, 0.2) is 0 Å². The number of aryl methyl sites for hydroxylation is 1. The van der Waals surface area contributed by atoms with Gasteiger partial charge in [0.25, 0.3) is 0 Å². The van der Waals surface area contributed by atoms with E-state index in [1.165, 1.54) is 0 Å². The molecule has 1 aromatic heterocycles. The third kappa shape index (κ3) is 3.35. The molecule has 1 aromatic carbocycles. The molecule has 0 bridgehead atoms. The van der Waals surface area contributed by atoms with Gasteiger partial charge in [-0.05, 0) is 45.0 Å². The van der Waals surface area contributed by atoms with Crippen LogP contribution in [0.1, 0.15) is 19.5 Å². The van der Waals surface area contributed by atoms with Gasteiger partial charge >= 0.3 is 0 Å². The fraction of sp³-hybridized carbons (Fsp3) is 0.400. The summed E-state index contributed by atoms with van der Waals surface area (Å²) in [5.41, 5.74) is 2.85. The summed E-state index contributed by atoms with van der Waals surface area (Å²) in [6.45, 7) is 6.83. The Kier molecular flexibility index (Phi) is 4.22. The topological polar surface area (TPSA) is 54.4 Å². The van der Waals surface area contributed by atoms with Crippen LogP contribution in [-0.2, 0) is 0 Å². The van der Waals surface area contributed by atoms with Gasteiger partial charge in [0.05, 0.1) is 18.2 Å². The first kappa shape index (κ1) is 13.6. The minimum Gasteiger partial charge on any atom is -0.494 e. The Labute approximate surface area is 113 Å². The summed E-state index contributed by atoms with van der Waals surface area (Å²) in [6.07, 6.45) is -0.390. The second-order valence-corrected chi connectivity index (χ2v) is 4.65. The quantitative estimate of drug-likeness (QED) is 0.868. The van der Waals surface area contributed by atoms with Crippen LogP contribution in [0.4, 0.5) is 5.69 Å². The Hall–Kier alpha value is -1.81. The summed E-state index contributed by atoms with van der Waals surface area (Å²) in [5.74, 6) is 0.834. The van der Waals surface area contributed by atoms with E-state index < -0.39 is 6.10 Å². The number of hydrogen-bond donors (Lipinski definition) is 2. The van der Waals surface area contributed by atoms with Crippen LogP contribution < -0.4 is 10.1 Å². The molecule has 4 heteroatoms. The van der Waals surface area contributed by atoms with Crippen molar-refractivity contribution in [1.29, 1.82) is 0 Å². The number of benzene rings is 1. The molecule has 1 heterocycles. The van der Waals surface area contributed by atoms with Crippen LogP contribution in [0.5, 0.6) is 5.75 Å². The van der Waals surface area contributed by atoms with Gasteiger partial charge in [-0.15, -0.1) is 0 Å². The molecule has 0 saturated carbocycles. The van der Waals surface area contributed by atoms with Crippen LogP contribution in [-0.4, -0.2) is 29.3 Å². The monoisotopic (exact) mass is 260 g/mol. The van der Waals surface area contributed by atoms with Crippen molar-refractivity contribution in [3.63, 3.8) is 0 Å². The highest BCUT2D eigenvalue weighted by Crippen LogP contribution is 2.27. The summed E-state index contributed by atoms with van der Waals surface area (Å²) in [6, 6.07) is 7.85. The van der Waals surface area contributed by atoms with E-state index in [9.17, 15) is 5.11 Å². The van der Waals surface area contributed by atoms with E-state index in [2.05, 4.69) is 10.3 Å². The number of nitrogens with zero attached hydrogens (tertiary/aromatic N) is 1. The van der Waals surface area contributed by atoms with Crippen molar-refractivity contribution >= 4 is 16.6 Å². The zero-order valence-electron chi connectivity index (χ0n) is 11.6. The van der Waals surface area contributed by atoms with Crippen LogP contribution in [0, 0.1) is 6.92 Å². The van der Waals surface area contributed by atoms with Crippen molar-refractivity contribution in [2.45, 2.75) is 26.9 Å². The summed E-state index contributed by atoms with van der Waals surface area (Å²) < 4.78 is 5.52. The number of aromatic nitrogens is 1. The largest absolute Gasteiger partial charge is 0.494 e. The first-order chi connectivity index (χ1) is 9.10. The number of nitrogens with one attached hydrogen (secondary N) is 1. The van der Waals surface area contributed by atoms with E-state index in [0.29, 0.717) is 13.2 Å². The fourth-order valence-corrected chi connectivity index (χ4v) is 2.00. The Bertz CT molecular complexity index is 567. The van der Waals surface area contributed by atoms with Gasteiger partial charge < -0.3 is 15.2 Å². The van der Waals surface area contributed by atoms with E-state index in [1.54, 1.807) is 6.92 Å². The van der Waals surface area contributed by atoms with Crippen molar-refractivity contribution in [1.82, 2.24) is 4.98 Å². The minimum absolute atomic E-state index is 0.390. The number of rotatable bonds is 5. The second-order valence-electron chi connectivity index (χ2n) is 4.65. The molecule has 2 rings (SSSR count). The molecule has 0 amide bonds. The SMILES string of the molecule is CCOc1ccc2nc(C)cc(NCC(C)O)c2c1. The van der Waals surface area contributed by atoms with Crippen LogP contribution >= 0.6 is 0 Å². The lowest BCUT2D eigenvalue weighted by molar-refractivity contribution is 0.208. The summed E-state index contributed by atoms with van der Waals surface area (Å²) in [4.78, 5) is 4.51. The molecular formula is C15H20N2O2. The Balaban J connectivity index is 2.43. The molecule has 1 atom stereocenters. The molecule has 0 aliphatic rings. The molecule has 0 aliphatic carbocycles. The van der Waals surface area contributed by atoms with Gasteiger partial charge in [-0.3, -0.25) is 4.98 Å². The summed E-state index contributed by atoms with van der Waals surface area (Å²) in [7, 11) is 0. The van der Waals surface area contributed by atoms with Crippen LogP contribution in [0.3, 0.4) is 0 Å². The lowest BCUT2D eigenvalue weighted by Crippen LogP contribution is -2.15. The summed E-state index contributed by atoms with van der Waals surface area (Å²) >= 11 is 0. The van der Waals surface area contributed by atoms with Gasteiger partial charge in [-0.1, -0.05) is 0 Å². The van der Waals surface area contributed by atoms with E-state index >= 15 is 0 Å². The van der Waals surface area contributed by atoms with Crippen LogP contribution in [0.15, 0.2) is 24.3 Å². The molecular weight excluding hydrogens is 240 g/mol. The molecule has 0 fully saturated rings. The molecule has 1 unspecified atom stereocenters. The smallest absolute Gasteiger partial charge is 0.120 e. The molecule has 19 heavy (non-hydrogen) atoms.